The number of aliphatic hydroxyl groups excluding tert-OH is 1. The third kappa shape index (κ3) is 3.61. The van der Waals surface area contributed by atoms with Gasteiger partial charge in [0.1, 0.15) is 11.5 Å². The van der Waals surface area contributed by atoms with Crippen LogP contribution >= 0.6 is 0 Å². The van der Waals surface area contributed by atoms with Crippen LogP contribution < -0.4 is 14.8 Å². The maximum atomic E-state index is 10.4. The number of piperidine rings is 1. The lowest BCUT2D eigenvalue weighted by Crippen LogP contribution is -2.35. The van der Waals surface area contributed by atoms with Gasteiger partial charge in [0.25, 0.3) is 0 Å². The van der Waals surface area contributed by atoms with E-state index in [0.29, 0.717) is 12.3 Å². The summed E-state index contributed by atoms with van der Waals surface area (Å²) >= 11 is 0. The quantitative estimate of drug-likeness (QED) is 0.849. The maximum Gasteiger partial charge on any atom is 0.122 e. The molecule has 1 fully saturated rings. The zero-order valence-electron chi connectivity index (χ0n) is 11.7. The molecule has 4 nitrogen and oxygen atoms in total. The Morgan fingerprint density at radius 3 is 2.63 bits per heavy atom. The highest BCUT2D eigenvalue weighted by molar-refractivity contribution is 5.40. The summed E-state index contributed by atoms with van der Waals surface area (Å²) in [7, 11) is 3.30. The van der Waals surface area contributed by atoms with Gasteiger partial charge in [-0.3, -0.25) is 0 Å². The highest BCUT2D eigenvalue weighted by Crippen LogP contribution is 2.28. The van der Waals surface area contributed by atoms with Gasteiger partial charge < -0.3 is 19.9 Å². The van der Waals surface area contributed by atoms with Crippen molar-refractivity contribution in [1.29, 1.82) is 0 Å². The van der Waals surface area contributed by atoms with Gasteiger partial charge in [0.05, 0.1) is 20.3 Å². The highest BCUT2D eigenvalue weighted by Gasteiger charge is 2.22. The summed E-state index contributed by atoms with van der Waals surface area (Å²) in [5.74, 6) is 1.99. The molecule has 2 N–H and O–H groups in total. The molecule has 0 radical (unpaired) electrons. The van der Waals surface area contributed by atoms with Gasteiger partial charge in [-0.15, -0.1) is 0 Å². The number of aliphatic hydroxyl groups is 1. The van der Waals surface area contributed by atoms with E-state index in [1.807, 2.05) is 18.2 Å². The van der Waals surface area contributed by atoms with E-state index in [-0.39, 0.29) is 6.10 Å². The Kier molecular flexibility index (Phi) is 5.05. The predicted molar refractivity (Wildman–Crippen MR) is 74.9 cm³/mol. The maximum absolute atomic E-state index is 10.4. The summed E-state index contributed by atoms with van der Waals surface area (Å²) in [6.45, 7) is 1.99. The minimum atomic E-state index is -0.317. The second kappa shape index (κ2) is 6.78. The fourth-order valence-corrected chi connectivity index (χ4v) is 2.66. The fourth-order valence-electron chi connectivity index (χ4n) is 2.66. The van der Waals surface area contributed by atoms with Gasteiger partial charge in [0.15, 0.2) is 0 Å². The zero-order chi connectivity index (χ0) is 13.7. The first-order valence-electron chi connectivity index (χ1n) is 6.84. The number of methoxy groups -OCH3 is 2. The van der Waals surface area contributed by atoms with E-state index in [0.717, 1.165) is 43.0 Å². The first kappa shape index (κ1) is 14.2. The zero-order valence-corrected chi connectivity index (χ0v) is 11.7. The SMILES string of the molecule is COc1ccc(OC)c(CC(O)C2CCNCC2)c1. The van der Waals surface area contributed by atoms with E-state index in [2.05, 4.69) is 5.32 Å². The average molecular weight is 265 g/mol. The van der Waals surface area contributed by atoms with Crippen molar-refractivity contribution < 1.29 is 14.6 Å². The first-order chi connectivity index (χ1) is 9.24. The second-order valence-corrected chi connectivity index (χ2v) is 5.04. The van der Waals surface area contributed by atoms with Crippen LogP contribution in [0.2, 0.25) is 0 Å². The lowest BCUT2D eigenvalue weighted by Gasteiger charge is -2.27. The van der Waals surface area contributed by atoms with Crippen LogP contribution in [0.3, 0.4) is 0 Å². The molecule has 0 bridgehead atoms. The molecular formula is C15H23NO3. The molecule has 0 amide bonds. The van der Waals surface area contributed by atoms with E-state index < -0.39 is 0 Å². The molecule has 1 aromatic rings. The Labute approximate surface area is 114 Å². The molecule has 0 spiro atoms. The molecule has 1 aromatic carbocycles. The van der Waals surface area contributed by atoms with E-state index in [1.54, 1.807) is 14.2 Å². The van der Waals surface area contributed by atoms with Crippen molar-refractivity contribution in [2.24, 2.45) is 5.92 Å². The van der Waals surface area contributed by atoms with Crippen molar-refractivity contribution in [3.8, 4) is 11.5 Å². The molecule has 106 valence electrons. The second-order valence-electron chi connectivity index (χ2n) is 5.04. The number of hydrogen-bond donors (Lipinski definition) is 2. The number of ether oxygens (including phenoxy) is 2. The molecule has 2 rings (SSSR count). The summed E-state index contributed by atoms with van der Waals surface area (Å²) in [6, 6.07) is 5.71. The van der Waals surface area contributed by atoms with Crippen molar-refractivity contribution in [2.75, 3.05) is 27.3 Å². The lowest BCUT2D eigenvalue weighted by molar-refractivity contribution is 0.0884. The molecule has 0 saturated carbocycles. The van der Waals surface area contributed by atoms with Crippen molar-refractivity contribution in [3.05, 3.63) is 23.8 Å². The molecule has 0 aromatic heterocycles. The Hall–Kier alpha value is -1.26. The first-order valence-corrected chi connectivity index (χ1v) is 6.84. The summed E-state index contributed by atoms with van der Waals surface area (Å²) in [5, 5.41) is 13.7. The van der Waals surface area contributed by atoms with Gasteiger partial charge in [-0.05, 0) is 50.0 Å². The molecule has 1 saturated heterocycles. The summed E-state index contributed by atoms with van der Waals surface area (Å²) in [6.07, 6.45) is 2.37. The largest absolute Gasteiger partial charge is 0.497 e. The molecular weight excluding hydrogens is 242 g/mol. The third-order valence-corrected chi connectivity index (χ3v) is 3.84. The van der Waals surface area contributed by atoms with E-state index in [9.17, 15) is 5.11 Å². The molecule has 0 aliphatic carbocycles. The molecule has 4 heteroatoms. The smallest absolute Gasteiger partial charge is 0.122 e. The van der Waals surface area contributed by atoms with Crippen LogP contribution in [0.15, 0.2) is 18.2 Å². The van der Waals surface area contributed by atoms with Gasteiger partial charge in [-0.2, -0.15) is 0 Å². The molecule has 1 heterocycles. The number of rotatable bonds is 5. The fraction of sp³-hybridized carbons (Fsp3) is 0.600. The third-order valence-electron chi connectivity index (χ3n) is 3.84. The molecule has 1 atom stereocenters. The number of hydrogen-bond acceptors (Lipinski definition) is 4. The summed E-state index contributed by atoms with van der Waals surface area (Å²) < 4.78 is 10.6. The average Bonchev–Trinajstić information content (AvgIpc) is 2.48. The van der Waals surface area contributed by atoms with Crippen molar-refractivity contribution in [3.63, 3.8) is 0 Å². The standard InChI is InChI=1S/C15H23NO3/c1-18-13-3-4-15(19-2)12(9-13)10-14(17)11-5-7-16-8-6-11/h3-4,9,11,14,16-17H,5-8,10H2,1-2H3. The summed E-state index contributed by atoms with van der Waals surface area (Å²) in [4.78, 5) is 0. The Morgan fingerprint density at radius 2 is 2.00 bits per heavy atom. The van der Waals surface area contributed by atoms with Crippen LogP contribution in [0.25, 0.3) is 0 Å². The van der Waals surface area contributed by atoms with Crippen molar-refractivity contribution in [1.82, 2.24) is 5.32 Å². The Balaban J connectivity index is 2.07. The Morgan fingerprint density at radius 1 is 1.26 bits per heavy atom. The van der Waals surface area contributed by atoms with Gasteiger partial charge in [-0.1, -0.05) is 0 Å². The molecule has 1 aliphatic heterocycles. The highest BCUT2D eigenvalue weighted by atomic mass is 16.5. The van der Waals surface area contributed by atoms with Gasteiger partial charge >= 0.3 is 0 Å². The van der Waals surface area contributed by atoms with Crippen molar-refractivity contribution in [2.45, 2.75) is 25.4 Å². The normalized spacial score (nSPS) is 18.1. The van der Waals surface area contributed by atoms with Crippen LogP contribution in [-0.2, 0) is 6.42 Å². The predicted octanol–water partition coefficient (Wildman–Crippen LogP) is 1.61. The lowest BCUT2D eigenvalue weighted by atomic mass is 9.88. The van der Waals surface area contributed by atoms with Gasteiger partial charge in [-0.25, -0.2) is 0 Å². The monoisotopic (exact) mass is 265 g/mol. The minimum absolute atomic E-state index is 0.317. The minimum Gasteiger partial charge on any atom is -0.497 e. The molecule has 1 unspecified atom stereocenters. The van der Waals surface area contributed by atoms with Crippen LogP contribution in [0.1, 0.15) is 18.4 Å². The van der Waals surface area contributed by atoms with Gasteiger partial charge in [0, 0.05) is 12.0 Å². The van der Waals surface area contributed by atoms with E-state index in [4.69, 9.17) is 9.47 Å². The molecule has 1 aliphatic rings. The van der Waals surface area contributed by atoms with Gasteiger partial charge in [0.2, 0.25) is 0 Å². The van der Waals surface area contributed by atoms with Crippen LogP contribution in [0.5, 0.6) is 11.5 Å². The van der Waals surface area contributed by atoms with Crippen LogP contribution in [-0.4, -0.2) is 38.5 Å². The number of benzene rings is 1. The number of nitrogens with one attached hydrogen (secondary N) is 1. The van der Waals surface area contributed by atoms with E-state index >= 15 is 0 Å². The van der Waals surface area contributed by atoms with Crippen LogP contribution in [0, 0.1) is 5.92 Å². The Bertz CT molecular complexity index is 402. The topological polar surface area (TPSA) is 50.7 Å². The van der Waals surface area contributed by atoms with Crippen LogP contribution in [0.4, 0.5) is 0 Å². The van der Waals surface area contributed by atoms with Crippen molar-refractivity contribution >= 4 is 0 Å². The van der Waals surface area contributed by atoms with E-state index in [1.165, 1.54) is 0 Å². The molecule has 19 heavy (non-hydrogen) atoms. The summed E-state index contributed by atoms with van der Waals surface area (Å²) in [5.41, 5.74) is 1.01.